The van der Waals surface area contributed by atoms with Gasteiger partial charge in [0.2, 0.25) is 5.91 Å². The number of hydrogen-bond acceptors (Lipinski definition) is 2. The molecular weight excluding hydrogens is 393 g/mol. The molecular formula is C17H28INO3. The topological polar surface area (TPSA) is 66.4 Å². The normalized spacial score (nSPS) is 32.4. The summed E-state index contributed by atoms with van der Waals surface area (Å²) in [7, 11) is 0. The molecule has 2 aliphatic carbocycles. The van der Waals surface area contributed by atoms with Crippen LogP contribution in [-0.4, -0.2) is 26.9 Å². The molecule has 0 spiro atoms. The highest BCUT2D eigenvalue weighted by atomic mass is 127. The first-order valence-corrected chi connectivity index (χ1v) is 9.97. The number of halogens is 1. The lowest BCUT2D eigenvalue weighted by Gasteiger charge is -2.33. The fourth-order valence-electron chi connectivity index (χ4n) is 3.92. The maximum absolute atomic E-state index is 12.5. The zero-order valence-electron chi connectivity index (χ0n) is 13.2. The highest BCUT2D eigenvalue weighted by Crippen LogP contribution is 2.32. The van der Waals surface area contributed by atoms with Gasteiger partial charge in [-0.15, -0.1) is 0 Å². The summed E-state index contributed by atoms with van der Waals surface area (Å²) in [6.07, 6.45) is 11.1. The molecule has 1 amide bonds. The lowest BCUT2D eigenvalue weighted by molar-refractivity contribution is -0.137. The fourth-order valence-corrected chi connectivity index (χ4v) is 5.04. The second-order valence-electron chi connectivity index (χ2n) is 6.93. The van der Waals surface area contributed by atoms with E-state index in [9.17, 15) is 9.59 Å². The molecule has 0 aromatic heterocycles. The summed E-state index contributed by atoms with van der Waals surface area (Å²) in [6.45, 7) is 0. The number of rotatable bonds is 6. The van der Waals surface area contributed by atoms with Gasteiger partial charge in [-0.1, -0.05) is 48.3 Å². The monoisotopic (exact) mass is 421 g/mol. The lowest BCUT2D eigenvalue weighted by Crippen LogP contribution is -2.44. The average Bonchev–Trinajstić information content (AvgIpc) is 2.47. The van der Waals surface area contributed by atoms with Crippen LogP contribution in [0.2, 0.25) is 0 Å². The van der Waals surface area contributed by atoms with Crippen LogP contribution in [0.15, 0.2) is 0 Å². The predicted octanol–water partition coefficient (Wildman–Crippen LogP) is 3.91. The number of carboxylic acid groups (broad SMARTS) is 1. The second kappa shape index (κ2) is 9.08. The van der Waals surface area contributed by atoms with Crippen molar-refractivity contribution in [1.29, 1.82) is 0 Å². The van der Waals surface area contributed by atoms with Gasteiger partial charge in [0.15, 0.2) is 0 Å². The summed E-state index contributed by atoms with van der Waals surface area (Å²) in [4.78, 5) is 23.1. The van der Waals surface area contributed by atoms with E-state index < -0.39 is 5.97 Å². The SMILES string of the molecule is O=C(O)CCCC1CCCC(NC(=O)C2CCCCC2I)C1. The molecule has 4 nitrogen and oxygen atoms in total. The van der Waals surface area contributed by atoms with E-state index in [-0.39, 0.29) is 18.2 Å². The molecule has 2 N–H and O–H groups in total. The van der Waals surface area contributed by atoms with Crippen LogP contribution in [0.4, 0.5) is 0 Å². The van der Waals surface area contributed by atoms with Crippen molar-refractivity contribution in [3.63, 3.8) is 0 Å². The van der Waals surface area contributed by atoms with Gasteiger partial charge < -0.3 is 10.4 Å². The Hall–Kier alpha value is -0.330. The van der Waals surface area contributed by atoms with Crippen LogP contribution in [0.1, 0.15) is 70.6 Å². The largest absolute Gasteiger partial charge is 0.481 e. The Morgan fingerprint density at radius 2 is 1.86 bits per heavy atom. The van der Waals surface area contributed by atoms with Gasteiger partial charge in [-0.05, 0) is 44.4 Å². The van der Waals surface area contributed by atoms with E-state index in [1.54, 1.807) is 0 Å². The van der Waals surface area contributed by atoms with E-state index in [0.29, 0.717) is 15.9 Å². The van der Waals surface area contributed by atoms with Crippen molar-refractivity contribution < 1.29 is 14.7 Å². The van der Waals surface area contributed by atoms with Gasteiger partial charge >= 0.3 is 5.97 Å². The number of carboxylic acids is 1. The number of aliphatic carboxylic acids is 1. The molecule has 0 aromatic carbocycles. The Morgan fingerprint density at radius 3 is 2.59 bits per heavy atom. The van der Waals surface area contributed by atoms with Gasteiger partial charge in [0, 0.05) is 22.3 Å². The Bertz CT molecular complexity index is 388. The van der Waals surface area contributed by atoms with Gasteiger partial charge in [-0.2, -0.15) is 0 Å². The molecule has 2 saturated carbocycles. The van der Waals surface area contributed by atoms with Crippen molar-refractivity contribution in [3.05, 3.63) is 0 Å². The lowest BCUT2D eigenvalue weighted by atomic mass is 9.82. The van der Waals surface area contributed by atoms with Crippen LogP contribution in [0.3, 0.4) is 0 Å². The van der Waals surface area contributed by atoms with Crippen molar-refractivity contribution in [3.8, 4) is 0 Å². The van der Waals surface area contributed by atoms with Gasteiger partial charge in [-0.25, -0.2) is 0 Å². The Morgan fingerprint density at radius 1 is 1.09 bits per heavy atom. The molecule has 4 atom stereocenters. The number of carbonyl (C=O) groups is 2. The summed E-state index contributed by atoms with van der Waals surface area (Å²) >= 11 is 2.44. The van der Waals surface area contributed by atoms with Crippen LogP contribution in [0, 0.1) is 11.8 Å². The third-order valence-electron chi connectivity index (χ3n) is 5.15. The van der Waals surface area contributed by atoms with Gasteiger partial charge in [0.1, 0.15) is 0 Å². The number of carbonyl (C=O) groups excluding carboxylic acids is 1. The maximum Gasteiger partial charge on any atom is 0.303 e. The highest BCUT2D eigenvalue weighted by molar-refractivity contribution is 14.1. The minimum atomic E-state index is -0.703. The molecule has 0 heterocycles. The third-order valence-corrected chi connectivity index (χ3v) is 6.64. The average molecular weight is 421 g/mol. The molecule has 0 aliphatic heterocycles. The Balaban J connectivity index is 1.74. The first kappa shape index (κ1) is 18.0. The van der Waals surface area contributed by atoms with Crippen molar-refractivity contribution in [1.82, 2.24) is 5.32 Å². The number of alkyl halides is 1. The summed E-state index contributed by atoms with van der Waals surface area (Å²) in [5.74, 6) is 0.336. The van der Waals surface area contributed by atoms with Crippen LogP contribution in [0.5, 0.6) is 0 Å². The van der Waals surface area contributed by atoms with Crippen LogP contribution in [0.25, 0.3) is 0 Å². The zero-order valence-corrected chi connectivity index (χ0v) is 15.4. The maximum atomic E-state index is 12.5. The highest BCUT2D eigenvalue weighted by Gasteiger charge is 2.31. The molecule has 0 saturated heterocycles. The van der Waals surface area contributed by atoms with Gasteiger partial charge in [-0.3, -0.25) is 9.59 Å². The number of hydrogen-bond donors (Lipinski definition) is 2. The molecule has 4 unspecified atom stereocenters. The third kappa shape index (κ3) is 5.70. The molecule has 2 aliphatic rings. The van der Waals surface area contributed by atoms with Gasteiger partial charge in [0.05, 0.1) is 0 Å². The molecule has 2 rings (SSSR count). The Labute approximate surface area is 146 Å². The zero-order chi connectivity index (χ0) is 15.9. The molecule has 22 heavy (non-hydrogen) atoms. The first-order chi connectivity index (χ1) is 10.6. The minimum Gasteiger partial charge on any atom is -0.481 e. The minimum absolute atomic E-state index is 0.196. The standard InChI is InChI=1S/C17H28INO3/c18-15-9-2-1-8-14(15)17(22)19-13-7-3-5-12(11-13)6-4-10-16(20)21/h12-15H,1-11H2,(H,19,22)(H,20,21). The summed E-state index contributed by atoms with van der Waals surface area (Å²) in [6, 6.07) is 0.307. The smallest absolute Gasteiger partial charge is 0.303 e. The van der Waals surface area contributed by atoms with Crippen molar-refractivity contribution >= 4 is 34.5 Å². The molecule has 2 fully saturated rings. The van der Waals surface area contributed by atoms with Crippen LogP contribution >= 0.6 is 22.6 Å². The molecule has 126 valence electrons. The Kier molecular flexibility index (Phi) is 7.44. The molecule has 0 bridgehead atoms. The van der Waals surface area contributed by atoms with Crippen molar-refractivity contribution in [2.75, 3.05) is 0 Å². The van der Waals surface area contributed by atoms with Crippen LogP contribution in [-0.2, 0) is 9.59 Å². The van der Waals surface area contributed by atoms with Crippen LogP contribution < -0.4 is 5.32 Å². The summed E-state index contributed by atoms with van der Waals surface area (Å²) < 4.78 is 0.487. The van der Waals surface area contributed by atoms with E-state index in [4.69, 9.17) is 5.11 Å². The van der Waals surface area contributed by atoms with E-state index in [0.717, 1.165) is 38.5 Å². The van der Waals surface area contributed by atoms with Gasteiger partial charge in [0.25, 0.3) is 0 Å². The predicted molar refractivity (Wildman–Crippen MR) is 95.1 cm³/mol. The quantitative estimate of drug-likeness (QED) is 0.505. The first-order valence-electron chi connectivity index (χ1n) is 8.72. The molecule has 0 aromatic rings. The number of amides is 1. The van der Waals surface area contributed by atoms with E-state index in [1.807, 2.05) is 0 Å². The van der Waals surface area contributed by atoms with E-state index >= 15 is 0 Å². The summed E-state index contributed by atoms with van der Waals surface area (Å²) in [5.41, 5.74) is 0. The molecule has 5 heteroatoms. The van der Waals surface area contributed by atoms with Crippen molar-refractivity contribution in [2.24, 2.45) is 11.8 Å². The van der Waals surface area contributed by atoms with E-state index in [2.05, 4.69) is 27.9 Å². The fraction of sp³-hybridized carbons (Fsp3) is 0.882. The number of nitrogens with one attached hydrogen (secondary N) is 1. The van der Waals surface area contributed by atoms with Crippen molar-refractivity contribution in [2.45, 2.75) is 80.6 Å². The van der Waals surface area contributed by atoms with E-state index in [1.165, 1.54) is 25.7 Å². The second-order valence-corrected chi connectivity index (χ2v) is 8.53. The summed E-state index contributed by atoms with van der Waals surface area (Å²) in [5, 5.41) is 12.0. The molecule has 0 radical (unpaired) electrons.